The first-order valence-electron chi connectivity index (χ1n) is 9.07. The van der Waals surface area contributed by atoms with Gasteiger partial charge < -0.3 is 9.42 Å². The van der Waals surface area contributed by atoms with E-state index >= 15 is 0 Å². The fraction of sp³-hybridized carbons (Fsp3) is 0.286. The van der Waals surface area contributed by atoms with Crippen molar-refractivity contribution in [2.75, 3.05) is 6.54 Å². The molecule has 1 aliphatic rings. The third-order valence-corrected chi connectivity index (χ3v) is 4.91. The second-order valence-electron chi connectivity index (χ2n) is 6.81. The van der Waals surface area contributed by atoms with Crippen LogP contribution < -0.4 is 0 Å². The number of rotatable bonds is 5. The fourth-order valence-electron chi connectivity index (χ4n) is 3.31. The zero-order valence-electron chi connectivity index (χ0n) is 15.1. The van der Waals surface area contributed by atoms with Gasteiger partial charge in [0.15, 0.2) is 0 Å². The molecule has 1 amide bonds. The molecule has 2 heterocycles. The number of carbonyl (C=O) groups is 1. The van der Waals surface area contributed by atoms with Gasteiger partial charge in [0, 0.05) is 25.1 Å². The van der Waals surface area contributed by atoms with Gasteiger partial charge in [-0.15, -0.1) is 0 Å². The molecule has 6 heteroatoms. The number of aromatic nitrogens is 2. The lowest BCUT2D eigenvalue weighted by Gasteiger charge is -2.16. The van der Waals surface area contributed by atoms with Gasteiger partial charge in [0.05, 0.1) is 5.92 Å². The molecule has 0 saturated carbocycles. The van der Waals surface area contributed by atoms with Crippen LogP contribution >= 0.6 is 0 Å². The van der Waals surface area contributed by atoms with E-state index < -0.39 is 0 Å². The molecule has 1 aliphatic heterocycles. The van der Waals surface area contributed by atoms with E-state index in [0.717, 1.165) is 12.0 Å². The Morgan fingerprint density at radius 3 is 2.52 bits per heavy atom. The molecule has 0 radical (unpaired) electrons. The van der Waals surface area contributed by atoms with Crippen LogP contribution in [0.5, 0.6) is 0 Å². The number of benzene rings is 2. The van der Waals surface area contributed by atoms with E-state index in [0.29, 0.717) is 36.8 Å². The number of likely N-dealkylation sites (tertiary alicyclic amines) is 1. The molecule has 0 N–H and O–H groups in total. The Kier molecular flexibility index (Phi) is 4.71. The third-order valence-electron chi connectivity index (χ3n) is 4.91. The molecule has 1 fully saturated rings. The Labute approximate surface area is 156 Å². The highest BCUT2D eigenvalue weighted by atomic mass is 19.1. The van der Waals surface area contributed by atoms with Crippen LogP contribution in [0.1, 0.15) is 36.3 Å². The molecule has 4 rings (SSSR count). The van der Waals surface area contributed by atoms with E-state index in [1.165, 1.54) is 17.7 Å². The van der Waals surface area contributed by atoms with Gasteiger partial charge in [-0.1, -0.05) is 36.3 Å². The molecular weight excluding hydrogens is 345 g/mol. The molecule has 5 nitrogen and oxygen atoms in total. The number of carbonyl (C=O) groups excluding carboxylic acids is 1. The normalized spacial score (nSPS) is 16.9. The smallest absolute Gasteiger partial charge is 0.232 e. The predicted molar refractivity (Wildman–Crippen MR) is 98.3 cm³/mol. The van der Waals surface area contributed by atoms with E-state index in [1.54, 1.807) is 12.1 Å². The molecule has 3 aromatic rings. The number of halogens is 1. The predicted octanol–water partition coefficient (Wildman–Crippen LogP) is 3.95. The second-order valence-corrected chi connectivity index (χ2v) is 6.81. The first kappa shape index (κ1) is 17.4. The van der Waals surface area contributed by atoms with Crippen molar-refractivity contribution in [2.45, 2.75) is 32.2 Å². The number of amides is 1. The van der Waals surface area contributed by atoms with Crippen LogP contribution in [0.3, 0.4) is 0 Å². The molecule has 0 spiro atoms. The SMILES string of the molecule is CCc1ccc(CN2CC(c3nc(-c4ccc(F)cc4)no3)CC2=O)cc1. The average molecular weight is 365 g/mol. The van der Waals surface area contributed by atoms with Gasteiger partial charge in [-0.25, -0.2) is 4.39 Å². The summed E-state index contributed by atoms with van der Waals surface area (Å²) in [7, 11) is 0. The van der Waals surface area contributed by atoms with E-state index in [2.05, 4.69) is 41.3 Å². The van der Waals surface area contributed by atoms with Crippen LogP contribution in [0, 0.1) is 5.82 Å². The van der Waals surface area contributed by atoms with Crippen molar-refractivity contribution in [3.8, 4) is 11.4 Å². The molecule has 1 unspecified atom stereocenters. The van der Waals surface area contributed by atoms with Crippen LogP contribution in [-0.4, -0.2) is 27.5 Å². The third kappa shape index (κ3) is 3.74. The molecular formula is C21H20FN3O2. The molecule has 27 heavy (non-hydrogen) atoms. The Hall–Kier alpha value is -3.02. The van der Waals surface area contributed by atoms with Crippen LogP contribution in [-0.2, 0) is 17.8 Å². The molecule has 1 atom stereocenters. The first-order chi connectivity index (χ1) is 13.1. The highest BCUT2D eigenvalue weighted by molar-refractivity contribution is 5.79. The van der Waals surface area contributed by atoms with Crippen LogP contribution in [0.25, 0.3) is 11.4 Å². The maximum Gasteiger partial charge on any atom is 0.232 e. The Balaban J connectivity index is 1.45. The van der Waals surface area contributed by atoms with E-state index in [9.17, 15) is 9.18 Å². The summed E-state index contributed by atoms with van der Waals surface area (Å²) in [6.07, 6.45) is 1.36. The molecule has 0 bridgehead atoms. The highest BCUT2D eigenvalue weighted by Crippen LogP contribution is 2.29. The van der Waals surface area contributed by atoms with Crippen molar-refractivity contribution in [1.29, 1.82) is 0 Å². The summed E-state index contributed by atoms with van der Waals surface area (Å²) >= 11 is 0. The van der Waals surface area contributed by atoms with Gasteiger partial charge in [0.25, 0.3) is 0 Å². The summed E-state index contributed by atoms with van der Waals surface area (Å²) in [5, 5.41) is 3.98. The first-order valence-corrected chi connectivity index (χ1v) is 9.07. The molecule has 1 saturated heterocycles. The van der Waals surface area contributed by atoms with Crippen LogP contribution in [0.15, 0.2) is 53.1 Å². The largest absolute Gasteiger partial charge is 0.339 e. The molecule has 2 aromatic carbocycles. The number of nitrogens with zero attached hydrogens (tertiary/aromatic N) is 3. The summed E-state index contributed by atoms with van der Waals surface area (Å²) < 4.78 is 18.4. The van der Waals surface area contributed by atoms with E-state index in [4.69, 9.17) is 4.52 Å². The van der Waals surface area contributed by atoms with Gasteiger partial charge >= 0.3 is 0 Å². The lowest BCUT2D eigenvalue weighted by molar-refractivity contribution is -0.128. The van der Waals surface area contributed by atoms with Gasteiger partial charge in [0.2, 0.25) is 17.6 Å². The second kappa shape index (κ2) is 7.31. The van der Waals surface area contributed by atoms with E-state index in [1.807, 2.05) is 4.90 Å². The minimum Gasteiger partial charge on any atom is -0.339 e. The van der Waals surface area contributed by atoms with Crippen molar-refractivity contribution in [2.24, 2.45) is 0 Å². The van der Waals surface area contributed by atoms with Gasteiger partial charge in [-0.05, 0) is 41.8 Å². The van der Waals surface area contributed by atoms with Crippen LogP contribution in [0.4, 0.5) is 4.39 Å². The van der Waals surface area contributed by atoms with Crippen molar-refractivity contribution < 1.29 is 13.7 Å². The summed E-state index contributed by atoms with van der Waals surface area (Å²) in [5.41, 5.74) is 3.07. The summed E-state index contributed by atoms with van der Waals surface area (Å²) in [4.78, 5) is 18.6. The van der Waals surface area contributed by atoms with E-state index in [-0.39, 0.29) is 17.6 Å². The van der Waals surface area contributed by atoms with Crippen LogP contribution in [0.2, 0.25) is 0 Å². The Bertz CT molecular complexity index is 935. The standard InChI is InChI=1S/C21H20FN3O2/c1-2-14-3-5-15(6-4-14)12-25-13-17(11-19(25)26)21-23-20(24-27-21)16-7-9-18(22)10-8-16/h3-10,17H,2,11-13H2,1H3. The van der Waals surface area contributed by atoms with Gasteiger partial charge in [-0.3, -0.25) is 4.79 Å². The molecule has 138 valence electrons. The maximum absolute atomic E-state index is 13.1. The number of aryl methyl sites for hydroxylation is 1. The zero-order chi connectivity index (χ0) is 18.8. The summed E-state index contributed by atoms with van der Waals surface area (Å²) in [6.45, 7) is 3.26. The quantitative estimate of drug-likeness (QED) is 0.687. The number of hydrogen-bond acceptors (Lipinski definition) is 4. The zero-order valence-corrected chi connectivity index (χ0v) is 15.1. The highest BCUT2D eigenvalue weighted by Gasteiger charge is 2.34. The average Bonchev–Trinajstić information content (AvgIpc) is 3.30. The van der Waals surface area contributed by atoms with Crippen molar-refractivity contribution in [3.63, 3.8) is 0 Å². The fourth-order valence-corrected chi connectivity index (χ4v) is 3.31. The van der Waals surface area contributed by atoms with Crippen molar-refractivity contribution in [1.82, 2.24) is 15.0 Å². The number of hydrogen-bond donors (Lipinski definition) is 0. The minimum atomic E-state index is -0.313. The lowest BCUT2D eigenvalue weighted by atomic mass is 10.1. The van der Waals surface area contributed by atoms with Crippen molar-refractivity contribution in [3.05, 3.63) is 71.4 Å². The topological polar surface area (TPSA) is 59.2 Å². The Morgan fingerprint density at radius 2 is 1.81 bits per heavy atom. The molecule has 1 aromatic heterocycles. The van der Waals surface area contributed by atoms with Crippen molar-refractivity contribution >= 4 is 5.91 Å². The lowest BCUT2D eigenvalue weighted by Crippen LogP contribution is -2.24. The summed E-state index contributed by atoms with van der Waals surface area (Å²) in [5.74, 6) is 0.513. The van der Waals surface area contributed by atoms with Gasteiger partial charge in [-0.2, -0.15) is 4.98 Å². The Morgan fingerprint density at radius 1 is 1.11 bits per heavy atom. The maximum atomic E-state index is 13.1. The monoisotopic (exact) mass is 365 g/mol. The summed E-state index contributed by atoms with van der Waals surface area (Å²) in [6, 6.07) is 14.3. The molecule has 0 aliphatic carbocycles. The van der Waals surface area contributed by atoms with Gasteiger partial charge in [0.1, 0.15) is 5.82 Å². The minimum absolute atomic E-state index is 0.0844.